The average molecular weight is 417 g/mol. The van der Waals surface area contributed by atoms with Crippen molar-refractivity contribution in [3.63, 3.8) is 0 Å². The molecule has 31 heavy (non-hydrogen) atoms. The number of piperidine rings is 1. The number of hydrogen-bond acceptors (Lipinski definition) is 3. The molecule has 0 atom stereocenters. The number of anilines is 1. The Morgan fingerprint density at radius 2 is 1.71 bits per heavy atom. The van der Waals surface area contributed by atoms with E-state index in [2.05, 4.69) is 16.7 Å². The highest BCUT2D eigenvalue weighted by molar-refractivity contribution is 5.97. The van der Waals surface area contributed by atoms with Crippen LogP contribution in [0.5, 0.6) is 0 Å². The third kappa shape index (κ3) is 4.56. The number of benzene rings is 2. The second kappa shape index (κ2) is 9.22. The summed E-state index contributed by atoms with van der Waals surface area (Å²) < 4.78 is 0. The van der Waals surface area contributed by atoms with E-state index < -0.39 is 0 Å². The van der Waals surface area contributed by atoms with Crippen LogP contribution in [-0.2, 0) is 0 Å². The summed E-state index contributed by atoms with van der Waals surface area (Å²) in [4.78, 5) is 27.0. The number of likely N-dealkylation sites (tertiary alicyclic amines) is 1. The summed E-state index contributed by atoms with van der Waals surface area (Å²) in [7, 11) is 1.59. The van der Waals surface area contributed by atoms with Crippen LogP contribution in [0.25, 0.3) is 0 Å². The minimum Gasteiger partial charge on any atom is -0.341 e. The van der Waals surface area contributed by atoms with E-state index in [1.165, 1.54) is 12.0 Å². The van der Waals surface area contributed by atoms with E-state index in [4.69, 9.17) is 5.26 Å². The predicted molar refractivity (Wildman–Crippen MR) is 120 cm³/mol. The maximum absolute atomic E-state index is 13.2. The van der Waals surface area contributed by atoms with Crippen molar-refractivity contribution in [3.8, 4) is 6.07 Å². The molecule has 1 aliphatic heterocycles. The Morgan fingerprint density at radius 1 is 1.00 bits per heavy atom. The maximum Gasteiger partial charge on any atom is 0.318 e. The minimum absolute atomic E-state index is 0.0124. The highest BCUT2D eigenvalue weighted by Gasteiger charge is 2.27. The lowest BCUT2D eigenvalue weighted by Gasteiger charge is -2.33. The van der Waals surface area contributed by atoms with Gasteiger partial charge in [-0.1, -0.05) is 24.6 Å². The second-order valence-electron chi connectivity index (χ2n) is 8.43. The summed E-state index contributed by atoms with van der Waals surface area (Å²) in [5.41, 5.74) is 4.37. The highest BCUT2D eigenvalue weighted by Crippen LogP contribution is 2.40. The van der Waals surface area contributed by atoms with Gasteiger partial charge in [0.2, 0.25) is 0 Å². The molecule has 2 aromatic carbocycles. The Morgan fingerprint density at radius 3 is 2.29 bits per heavy atom. The van der Waals surface area contributed by atoms with Crippen LogP contribution in [0.15, 0.2) is 42.5 Å². The third-order valence-corrected chi connectivity index (χ3v) is 6.61. The first-order valence-corrected chi connectivity index (χ1v) is 11.0. The summed E-state index contributed by atoms with van der Waals surface area (Å²) in [6.07, 6.45) is 5.26. The molecule has 0 radical (unpaired) electrons. The topological polar surface area (TPSA) is 85.2 Å². The van der Waals surface area contributed by atoms with Crippen molar-refractivity contribution in [1.82, 2.24) is 10.2 Å². The van der Waals surface area contributed by atoms with Crippen molar-refractivity contribution >= 4 is 17.6 Å². The molecule has 1 heterocycles. The molecule has 0 bridgehead atoms. The number of urea groups is 1. The van der Waals surface area contributed by atoms with Gasteiger partial charge in [-0.3, -0.25) is 4.79 Å². The van der Waals surface area contributed by atoms with E-state index in [0.29, 0.717) is 36.1 Å². The molecule has 160 valence electrons. The van der Waals surface area contributed by atoms with Crippen LogP contribution in [0.2, 0.25) is 0 Å². The van der Waals surface area contributed by atoms with Crippen molar-refractivity contribution in [2.24, 2.45) is 0 Å². The first kappa shape index (κ1) is 20.9. The van der Waals surface area contributed by atoms with Gasteiger partial charge in [0.25, 0.3) is 5.91 Å². The number of carbonyl (C=O) groups is 2. The van der Waals surface area contributed by atoms with Crippen molar-refractivity contribution in [3.05, 3.63) is 64.7 Å². The number of nitrogens with one attached hydrogen (secondary N) is 2. The van der Waals surface area contributed by atoms with Gasteiger partial charge in [0.1, 0.15) is 0 Å². The summed E-state index contributed by atoms with van der Waals surface area (Å²) in [6.45, 7) is 1.40. The van der Waals surface area contributed by atoms with Gasteiger partial charge in [0.15, 0.2) is 0 Å². The van der Waals surface area contributed by atoms with Crippen LogP contribution in [-0.4, -0.2) is 37.0 Å². The molecule has 6 heteroatoms. The van der Waals surface area contributed by atoms with Crippen LogP contribution >= 0.6 is 0 Å². The Kier molecular flexibility index (Phi) is 6.22. The zero-order valence-corrected chi connectivity index (χ0v) is 17.9. The Bertz CT molecular complexity index is 997. The van der Waals surface area contributed by atoms with Crippen molar-refractivity contribution in [1.29, 1.82) is 5.26 Å². The largest absolute Gasteiger partial charge is 0.341 e. The van der Waals surface area contributed by atoms with Gasteiger partial charge in [-0.05, 0) is 72.9 Å². The monoisotopic (exact) mass is 416 g/mol. The fourth-order valence-corrected chi connectivity index (χ4v) is 4.49. The predicted octanol–water partition coefficient (Wildman–Crippen LogP) is 4.60. The Labute approximate surface area is 183 Å². The highest BCUT2D eigenvalue weighted by atomic mass is 16.2. The summed E-state index contributed by atoms with van der Waals surface area (Å²) in [5.74, 6) is 0.876. The molecule has 1 saturated carbocycles. The first-order valence-electron chi connectivity index (χ1n) is 11.0. The van der Waals surface area contributed by atoms with E-state index in [1.807, 2.05) is 47.4 Å². The second-order valence-corrected chi connectivity index (χ2v) is 8.43. The van der Waals surface area contributed by atoms with Gasteiger partial charge in [-0.15, -0.1) is 0 Å². The lowest BCUT2D eigenvalue weighted by atomic mass is 9.79. The molecule has 2 fully saturated rings. The Hall–Kier alpha value is -3.33. The first-order chi connectivity index (χ1) is 15.1. The molecule has 2 N–H and O–H groups in total. The molecule has 0 aromatic heterocycles. The van der Waals surface area contributed by atoms with Crippen molar-refractivity contribution < 1.29 is 9.59 Å². The SMILES string of the molecule is CNC(=O)Nc1cc(C(=O)N2CCC(c3ccc(C#N)cc3)CC2)ccc1C1CCC1. The zero-order chi connectivity index (χ0) is 21.8. The number of nitrogens with zero attached hydrogens (tertiary/aromatic N) is 2. The molecule has 2 aromatic rings. The number of rotatable bonds is 4. The minimum atomic E-state index is -0.270. The lowest BCUT2D eigenvalue weighted by molar-refractivity contribution is 0.0713. The van der Waals surface area contributed by atoms with Gasteiger partial charge in [0, 0.05) is 31.4 Å². The van der Waals surface area contributed by atoms with Crippen LogP contribution in [0, 0.1) is 11.3 Å². The smallest absolute Gasteiger partial charge is 0.318 e. The molecule has 2 aliphatic rings. The number of hydrogen-bond donors (Lipinski definition) is 2. The quantitative estimate of drug-likeness (QED) is 0.764. The Balaban J connectivity index is 1.44. The van der Waals surface area contributed by atoms with Gasteiger partial charge in [0.05, 0.1) is 11.6 Å². The number of nitriles is 1. The molecule has 1 aliphatic carbocycles. The lowest BCUT2D eigenvalue weighted by Crippen LogP contribution is -2.38. The molecule has 1 saturated heterocycles. The van der Waals surface area contributed by atoms with E-state index in [-0.39, 0.29) is 11.9 Å². The molecular formula is C25H28N4O2. The van der Waals surface area contributed by atoms with Crippen LogP contribution in [0.1, 0.15) is 71.0 Å². The third-order valence-electron chi connectivity index (χ3n) is 6.61. The molecule has 3 amide bonds. The number of carbonyl (C=O) groups excluding carboxylic acids is 2. The van der Waals surface area contributed by atoms with Crippen LogP contribution in [0.4, 0.5) is 10.5 Å². The van der Waals surface area contributed by atoms with E-state index in [1.54, 1.807) is 7.05 Å². The standard InChI is InChI=1S/C25H28N4O2/c1-27-25(31)28-23-15-21(9-10-22(23)20-3-2-4-20)24(30)29-13-11-19(12-14-29)18-7-5-17(16-26)6-8-18/h5-10,15,19-20H,2-4,11-14H2,1H3,(H2,27,28,31). The van der Waals surface area contributed by atoms with Crippen LogP contribution in [0.3, 0.4) is 0 Å². The van der Waals surface area contributed by atoms with Gasteiger partial charge in [-0.25, -0.2) is 4.79 Å². The maximum atomic E-state index is 13.2. The van der Waals surface area contributed by atoms with Crippen LogP contribution < -0.4 is 10.6 Å². The summed E-state index contributed by atoms with van der Waals surface area (Å²) in [6, 6.07) is 15.4. The van der Waals surface area contributed by atoms with Gasteiger partial charge in [-0.2, -0.15) is 5.26 Å². The van der Waals surface area contributed by atoms with E-state index in [9.17, 15) is 9.59 Å². The molecule has 4 rings (SSSR count). The summed E-state index contributed by atoms with van der Waals surface area (Å²) >= 11 is 0. The van der Waals surface area contributed by atoms with Gasteiger partial charge >= 0.3 is 6.03 Å². The molecule has 6 nitrogen and oxygen atoms in total. The average Bonchev–Trinajstić information content (AvgIpc) is 2.78. The fourth-order valence-electron chi connectivity index (χ4n) is 4.49. The van der Waals surface area contributed by atoms with E-state index >= 15 is 0 Å². The van der Waals surface area contributed by atoms with Crippen molar-refractivity contribution in [2.45, 2.75) is 43.9 Å². The number of amides is 3. The molecule has 0 spiro atoms. The van der Waals surface area contributed by atoms with E-state index in [0.717, 1.165) is 36.9 Å². The van der Waals surface area contributed by atoms with Gasteiger partial charge < -0.3 is 15.5 Å². The normalized spacial score (nSPS) is 16.8. The molecular weight excluding hydrogens is 388 g/mol. The zero-order valence-electron chi connectivity index (χ0n) is 17.9. The fraction of sp³-hybridized carbons (Fsp3) is 0.400. The molecule has 0 unspecified atom stereocenters. The van der Waals surface area contributed by atoms with Crippen molar-refractivity contribution in [2.75, 3.05) is 25.5 Å². The summed E-state index contributed by atoms with van der Waals surface area (Å²) in [5, 5.41) is 14.5.